The third kappa shape index (κ3) is 3.88. The lowest BCUT2D eigenvalue weighted by Gasteiger charge is -2.32. The first-order valence-corrected chi connectivity index (χ1v) is 11.0. The zero-order valence-electron chi connectivity index (χ0n) is 19.1. The van der Waals surface area contributed by atoms with Crippen LogP contribution in [0.15, 0.2) is 36.4 Å². The van der Waals surface area contributed by atoms with Crippen molar-refractivity contribution in [1.29, 1.82) is 0 Å². The molecule has 1 atom stereocenters. The highest BCUT2D eigenvalue weighted by atomic mass is 35.5. The average molecular weight is 456 g/mol. The van der Waals surface area contributed by atoms with Crippen LogP contribution in [-0.4, -0.2) is 21.9 Å². The molecule has 0 spiro atoms. The van der Waals surface area contributed by atoms with E-state index < -0.39 is 11.4 Å². The molecule has 1 aliphatic heterocycles. The number of hydrogen-bond donors (Lipinski definition) is 2. The molecule has 1 unspecified atom stereocenters. The fraction of sp³-hybridized carbons (Fsp3) is 0.360. The van der Waals surface area contributed by atoms with E-state index in [1.807, 2.05) is 26.8 Å². The third-order valence-corrected chi connectivity index (χ3v) is 6.33. The number of hydrogen-bond acceptors (Lipinski definition) is 3. The van der Waals surface area contributed by atoms with E-state index in [0.29, 0.717) is 22.8 Å². The first-order chi connectivity index (χ1) is 14.9. The molecule has 4 rings (SSSR count). The van der Waals surface area contributed by atoms with Crippen molar-refractivity contribution < 1.29 is 13.9 Å². The predicted molar refractivity (Wildman–Crippen MR) is 124 cm³/mol. The van der Waals surface area contributed by atoms with Gasteiger partial charge in [-0.15, -0.1) is 0 Å². The molecule has 5 nitrogen and oxygen atoms in total. The molecule has 0 saturated heterocycles. The summed E-state index contributed by atoms with van der Waals surface area (Å²) in [6.45, 7) is 12.0. The van der Waals surface area contributed by atoms with Crippen molar-refractivity contribution >= 4 is 17.5 Å². The minimum atomic E-state index is -0.765. The highest BCUT2D eigenvalue weighted by Crippen LogP contribution is 2.45. The van der Waals surface area contributed by atoms with Gasteiger partial charge in [0.25, 0.3) is 5.91 Å². The summed E-state index contributed by atoms with van der Waals surface area (Å²) >= 11 is 6.25. The van der Waals surface area contributed by atoms with Crippen molar-refractivity contribution in [3.8, 4) is 28.4 Å². The van der Waals surface area contributed by atoms with E-state index in [0.717, 1.165) is 11.3 Å². The van der Waals surface area contributed by atoms with Crippen molar-refractivity contribution in [3.63, 3.8) is 0 Å². The number of amides is 1. The fourth-order valence-electron chi connectivity index (χ4n) is 3.61. The topological polar surface area (TPSA) is 67.0 Å². The molecule has 2 heterocycles. The summed E-state index contributed by atoms with van der Waals surface area (Å²) in [6, 6.07) is 9.82. The molecule has 2 N–H and O–H groups in total. The van der Waals surface area contributed by atoms with E-state index in [4.69, 9.17) is 16.3 Å². The van der Waals surface area contributed by atoms with Gasteiger partial charge in [0, 0.05) is 17.2 Å². The van der Waals surface area contributed by atoms with Crippen LogP contribution in [0, 0.1) is 11.2 Å². The Morgan fingerprint density at radius 3 is 2.62 bits per heavy atom. The summed E-state index contributed by atoms with van der Waals surface area (Å²) in [6.07, 6.45) is 0. The molecule has 0 bridgehead atoms. The van der Waals surface area contributed by atoms with Crippen molar-refractivity contribution in [1.82, 2.24) is 15.3 Å². The standard InChI is InChI=1S/C25H27ClFN3O2/c1-13(24(2,3)4)28-23(31)14-10-11-15-18(12-14)32-25(5,6)21-20(15)29-22(30-21)19-16(26)8-7-9-17(19)27/h7-13H,1-6H3,(H,28,31)(H,29,30). The Kier molecular flexibility index (Phi) is 5.32. The zero-order valence-corrected chi connectivity index (χ0v) is 19.8. The first-order valence-electron chi connectivity index (χ1n) is 10.6. The summed E-state index contributed by atoms with van der Waals surface area (Å²) < 4.78 is 20.7. The summed E-state index contributed by atoms with van der Waals surface area (Å²) in [5, 5.41) is 3.32. The number of aromatic amines is 1. The molecule has 7 heteroatoms. The number of imidazole rings is 1. The number of H-pyrrole nitrogens is 1. The van der Waals surface area contributed by atoms with Gasteiger partial charge in [-0.05, 0) is 56.5 Å². The van der Waals surface area contributed by atoms with Gasteiger partial charge >= 0.3 is 0 Å². The lowest BCUT2D eigenvalue weighted by molar-refractivity contribution is 0.0900. The second kappa shape index (κ2) is 7.62. The summed E-state index contributed by atoms with van der Waals surface area (Å²) in [5.74, 6) is 0.269. The average Bonchev–Trinajstić information content (AvgIpc) is 3.12. The number of fused-ring (bicyclic) bond motifs is 3. The number of halogens is 2. The maximum absolute atomic E-state index is 14.5. The van der Waals surface area contributed by atoms with Crippen LogP contribution in [0.2, 0.25) is 5.02 Å². The van der Waals surface area contributed by atoms with Crippen molar-refractivity contribution in [2.24, 2.45) is 5.41 Å². The minimum Gasteiger partial charge on any atom is -0.481 e. The van der Waals surface area contributed by atoms with Gasteiger partial charge in [-0.2, -0.15) is 0 Å². The van der Waals surface area contributed by atoms with E-state index >= 15 is 0 Å². The summed E-state index contributed by atoms with van der Waals surface area (Å²) in [4.78, 5) is 20.7. The maximum atomic E-state index is 14.5. The molecular weight excluding hydrogens is 429 g/mol. The lowest BCUT2D eigenvalue weighted by Crippen LogP contribution is -2.41. The molecule has 1 aliphatic rings. The van der Waals surface area contributed by atoms with E-state index in [2.05, 4.69) is 36.1 Å². The number of nitrogens with zero attached hydrogens (tertiary/aromatic N) is 1. The second-order valence-electron chi connectivity index (χ2n) is 9.79. The first kappa shape index (κ1) is 22.3. The number of carbonyl (C=O) groups is 1. The minimum absolute atomic E-state index is 0.00518. The predicted octanol–water partition coefficient (Wildman–Crippen LogP) is 6.33. The molecule has 32 heavy (non-hydrogen) atoms. The van der Waals surface area contributed by atoms with Crippen molar-refractivity contribution in [2.75, 3.05) is 0 Å². The molecule has 2 aromatic carbocycles. The highest BCUT2D eigenvalue weighted by molar-refractivity contribution is 6.33. The van der Waals surface area contributed by atoms with Gasteiger partial charge in [-0.25, -0.2) is 9.37 Å². The quantitative estimate of drug-likeness (QED) is 0.485. The number of benzene rings is 2. The van der Waals surface area contributed by atoms with Crippen LogP contribution in [0.5, 0.6) is 5.75 Å². The van der Waals surface area contributed by atoms with Gasteiger partial charge < -0.3 is 15.0 Å². The van der Waals surface area contributed by atoms with Gasteiger partial charge in [0.15, 0.2) is 0 Å². The third-order valence-electron chi connectivity index (χ3n) is 6.02. The molecule has 0 aliphatic carbocycles. The molecular formula is C25H27ClFN3O2. The number of aromatic nitrogens is 2. The Morgan fingerprint density at radius 1 is 1.25 bits per heavy atom. The molecule has 1 aromatic heterocycles. The SMILES string of the molecule is CC(NC(=O)c1ccc2c(c1)OC(C)(C)c1[nH]c(-c3c(F)cccc3Cl)nc1-2)C(C)(C)C. The number of rotatable bonds is 3. The van der Waals surface area contributed by atoms with Crippen LogP contribution in [-0.2, 0) is 5.60 Å². The number of carbonyl (C=O) groups excluding carboxylic acids is 1. The normalized spacial score (nSPS) is 15.4. The zero-order chi connectivity index (χ0) is 23.4. The largest absolute Gasteiger partial charge is 0.481 e. The summed E-state index contributed by atoms with van der Waals surface area (Å²) in [7, 11) is 0. The number of ether oxygens (including phenoxy) is 1. The Morgan fingerprint density at radius 2 is 1.97 bits per heavy atom. The smallest absolute Gasteiger partial charge is 0.251 e. The van der Waals surface area contributed by atoms with E-state index in [9.17, 15) is 9.18 Å². The molecule has 3 aromatic rings. The van der Waals surface area contributed by atoms with Gasteiger partial charge in [-0.1, -0.05) is 38.4 Å². The summed E-state index contributed by atoms with van der Waals surface area (Å²) in [5.41, 5.74) is 2.00. The molecule has 0 fully saturated rings. The van der Waals surface area contributed by atoms with E-state index in [1.54, 1.807) is 24.3 Å². The van der Waals surface area contributed by atoms with Crippen LogP contribution >= 0.6 is 11.6 Å². The Balaban J connectivity index is 1.75. The van der Waals surface area contributed by atoms with Crippen molar-refractivity contribution in [3.05, 3.63) is 58.5 Å². The fourth-order valence-corrected chi connectivity index (χ4v) is 3.86. The van der Waals surface area contributed by atoms with Crippen LogP contribution in [0.1, 0.15) is 57.6 Å². The van der Waals surface area contributed by atoms with Gasteiger partial charge in [0.2, 0.25) is 0 Å². The highest BCUT2D eigenvalue weighted by Gasteiger charge is 2.37. The molecule has 1 amide bonds. The van der Waals surface area contributed by atoms with Crippen LogP contribution < -0.4 is 10.1 Å². The molecule has 0 radical (unpaired) electrons. The van der Waals surface area contributed by atoms with Gasteiger partial charge in [-0.3, -0.25) is 4.79 Å². The monoisotopic (exact) mass is 455 g/mol. The van der Waals surface area contributed by atoms with Gasteiger partial charge in [0.1, 0.15) is 23.0 Å². The lowest BCUT2D eigenvalue weighted by atomic mass is 9.88. The number of nitrogens with one attached hydrogen (secondary N) is 2. The van der Waals surface area contributed by atoms with Gasteiger partial charge in [0.05, 0.1) is 22.0 Å². The Hall–Kier alpha value is -2.86. The van der Waals surface area contributed by atoms with Crippen LogP contribution in [0.25, 0.3) is 22.6 Å². The molecule has 0 saturated carbocycles. The van der Waals surface area contributed by atoms with E-state index in [1.165, 1.54) is 6.07 Å². The Bertz CT molecular complexity index is 1190. The van der Waals surface area contributed by atoms with Crippen molar-refractivity contribution in [2.45, 2.75) is 53.2 Å². The van der Waals surface area contributed by atoms with Crippen LogP contribution in [0.3, 0.4) is 0 Å². The van der Waals surface area contributed by atoms with E-state index in [-0.39, 0.29) is 28.0 Å². The molecule has 168 valence electrons. The Labute approximate surface area is 192 Å². The maximum Gasteiger partial charge on any atom is 0.251 e. The van der Waals surface area contributed by atoms with Crippen LogP contribution in [0.4, 0.5) is 4.39 Å². The second-order valence-corrected chi connectivity index (χ2v) is 10.2.